The number of phenols is 1. The van der Waals surface area contributed by atoms with E-state index in [9.17, 15) is 13.5 Å². The summed E-state index contributed by atoms with van der Waals surface area (Å²) in [5, 5.41) is 9.99. The molecule has 1 saturated heterocycles. The van der Waals surface area contributed by atoms with Crippen molar-refractivity contribution in [1.29, 1.82) is 0 Å². The zero-order valence-electron chi connectivity index (χ0n) is 11.4. The van der Waals surface area contributed by atoms with Crippen LogP contribution in [-0.4, -0.2) is 42.5 Å². The summed E-state index contributed by atoms with van der Waals surface area (Å²) in [5.74, 6) is 0.702. The summed E-state index contributed by atoms with van der Waals surface area (Å²) >= 11 is 0. The van der Waals surface area contributed by atoms with Crippen molar-refractivity contribution in [3.05, 3.63) is 29.8 Å². The van der Waals surface area contributed by atoms with Gasteiger partial charge in [-0.1, -0.05) is 25.1 Å². The smallest absolute Gasteiger partial charge is 0.153 e. The first-order valence-electron chi connectivity index (χ1n) is 6.68. The van der Waals surface area contributed by atoms with Crippen LogP contribution in [0, 0.1) is 0 Å². The van der Waals surface area contributed by atoms with Crippen LogP contribution in [0.1, 0.15) is 31.9 Å². The third kappa shape index (κ3) is 3.09. The summed E-state index contributed by atoms with van der Waals surface area (Å²) in [4.78, 5) is 2.19. The number of hydrogen-bond donors (Lipinski definition) is 1. The SMILES string of the molecule is CCC(c1ccccc1O)N1CCS(=O)(=O)CC1C. The van der Waals surface area contributed by atoms with E-state index in [1.807, 2.05) is 19.1 Å². The van der Waals surface area contributed by atoms with Gasteiger partial charge in [-0.3, -0.25) is 4.90 Å². The van der Waals surface area contributed by atoms with Crippen LogP contribution in [0.4, 0.5) is 0 Å². The van der Waals surface area contributed by atoms with Crippen molar-refractivity contribution in [1.82, 2.24) is 4.90 Å². The highest BCUT2D eigenvalue weighted by atomic mass is 32.2. The standard InChI is InChI=1S/C14H21NO3S/c1-3-13(12-6-4-5-7-14(12)16)15-8-9-19(17,18)10-11(15)2/h4-7,11,13,16H,3,8-10H2,1-2H3. The maximum absolute atomic E-state index is 11.6. The molecule has 5 heteroatoms. The second-order valence-electron chi connectivity index (χ2n) is 5.18. The van der Waals surface area contributed by atoms with Gasteiger partial charge in [0.2, 0.25) is 0 Å². The zero-order chi connectivity index (χ0) is 14.0. The van der Waals surface area contributed by atoms with Gasteiger partial charge in [-0.25, -0.2) is 8.42 Å². The third-order valence-corrected chi connectivity index (χ3v) is 5.60. The van der Waals surface area contributed by atoms with Gasteiger partial charge in [0.15, 0.2) is 9.84 Å². The lowest BCUT2D eigenvalue weighted by atomic mass is 10.00. The molecule has 0 radical (unpaired) electrons. The Balaban J connectivity index is 2.26. The predicted molar refractivity (Wildman–Crippen MR) is 76.0 cm³/mol. The fourth-order valence-corrected chi connectivity index (χ4v) is 4.46. The van der Waals surface area contributed by atoms with Gasteiger partial charge in [-0.15, -0.1) is 0 Å². The molecule has 1 aliphatic heterocycles. The third-order valence-electron chi connectivity index (χ3n) is 3.80. The van der Waals surface area contributed by atoms with Gasteiger partial charge in [-0.05, 0) is 19.4 Å². The van der Waals surface area contributed by atoms with Crippen LogP contribution in [0.2, 0.25) is 0 Å². The lowest BCUT2D eigenvalue weighted by molar-refractivity contribution is 0.151. The summed E-state index contributed by atoms with van der Waals surface area (Å²) < 4.78 is 23.3. The van der Waals surface area contributed by atoms with E-state index in [4.69, 9.17) is 0 Å². The Bertz CT molecular complexity index is 541. The van der Waals surface area contributed by atoms with E-state index in [-0.39, 0.29) is 29.3 Å². The predicted octanol–water partition coefficient (Wildman–Crippen LogP) is 1.96. The number of para-hydroxylation sites is 1. The second-order valence-corrected chi connectivity index (χ2v) is 7.41. The van der Waals surface area contributed by atoms with Crippen LogP contribution in [-0.2, 0) is 9.84 Å². The first-order chi connectivity index (χ1) is 8.94. The van der Waals surface area contributed by atoms with E-state index in [1.165, 1.54) is 0 Å². The number of sulfone groups is 1. The van der Waals surface area contributed by atoms with Crippen molar-refractivity contribution in [2.24, 2.45) is 0 Å². The van der Waals surface area contributed by atoms with E-state index in [2.05, 4.69) is 11.8 Å². The lowest BCUT2D eigenvalue weighted by Gasteiger charge is -2.39. The van der Waals surface area contributed by atoms with Gasteiger partial charge in [0.25, 0.3) is 0 Å². The van der Waals surface area contributed by atoms with Crippen LogP contribution in [0.25, 0.3) is 0 Å². The maximum Gasteiger partial charge on any atom is 0.153 e. The average molecular weight is 283 g/mol. The maximum atomic E-state index is 11.6. The van der Waals surface area contributed by atoms with E-state index in [0.29, 0.717) is 6.54 Å². The monoisotopic (exact) mass is 283 g/mol. The van der Waals surface area contributed by atoms with Crippen molar-refractivity contribution < 1.29 is 13.5 Å². The van der Waals surface area contributed by atoms with Crippen LogP contribution in [0.5, 0.6) is 5.75 Å². The van der Waals surface area contributed by atoms with E-state index in [0.717, 1.165) is 12.0 Å². The molecule has 1 N–H and O–H groups in total. The quantitative estimate of drug-likeness (QED) is 0.921. The second kappa shape index (κ2) is 5.51. The average Bonchev–Trinajstić information content (AvgIpc) is 2.34. The summed E-state index contributed by atoms with van der Waals surface area (Å²) in [5.41, 5.74) is 0.885. The Hall–Kier alpha value is -1.07. The van der Waals surface area contributed by atoms with Gasteiger partial charge in [0.05, 0.1) is 11.5 Å². The summed E-state index contributed by atoms with van der Waals surface area (Å²) in [6.45, 7) is 4.54. The van der Waals surface area contributed by atoms with Crippen molar-refractivity contribution in [2.75, 3.05) is 18.1 Å². The largest absolute Gasteiger partial charge is 0.508 e. The number of rotatable bonds is 3. The molecule has 1 heterocycles. The Morgan fingerprint density at radius 2 is 2.11 bits per heavy atom. The van der Waals surface area contributed by atoms with Crippen LogP contribution in [0.3, 0.4) is 0 Å². The number of benzene rings is 1. The molecule has 19 heavy (non-hydrogen) atoms. The first-order valence-corrected chi connectivity index (χ1v) is 8.51. The molecule has 2 rings (SSSR count). The number of nitrogens with zero attached hydrogens (tertiary/aromatic N) is 1. The molecule has 1 aromatic rings. The molecule has 0 saturated carbocycles. The normalized spacial score (nSPS) is 25.1. The highest BCUT2D eigenvalue weighted by Gasteiger charge is 2.33. The molecule has 0 spiro atoms. The molecule has 0 aliphatic carbocycles. The fourth-order valence-electron chi connectivity index (χ4n) is 2.88. The molecule has 2 atom stereocenters. The molecule has 0 aromatic heterocycles. The van der Waals surface area contributed by atoms with Crippen LogP contribution in [0.15, 0.2) is 24.3 Å². The highest BCUT2D eigenvalue weighted by molar-refractivity contribution is 7.91. The summed E-state index contributed by atoms with van der Waals surface area (Å²) in [6.07, 6.45) is 0.849. The molecule has 1 aliphatic rings. The topological polar surface area (TPSA) is 57.6 Å². The highest BCUT2D eigenvalue weighted by Crippen LogP contribution is 2.33. The van der Waals surface area contributed by atoms with Gasteiger partial charge in [0, 0.05) is 24.2 Å². The molecule has 106 valence electrons. The molecule has 4 nitrogen and oxygen atoms in total. The summed E-state index contributed by atoms with van der Waals surface area (Å²) in [6, 6.07) is 7.37. The van der Waals surface area contributed by atoms with Crippen molar-refractivity contribution in [3.8, 4) is 5.75 Å². The van der Waals surface area contributed by atoms with Crippen molar-refractivity contribution >= 4 is 9.84 Å². The van der Waals surface area contributed by atoms with Crippen LogP contribution >= 0.6 is 0 Å². The molecule has 1 aromatic carbocycles. The molecular weight excluding hydrogens is 262 g/mol. The van der Waals surface area contributed by atoms with E-state index < -0.39 is 9.84 Å². The number of aromatic hydroxyl groups is 1. The van der Waals surface area contributed by atoms with Crippen molar-refractivity contribution in [2.45, 2.75) is 32.4 Å². The molecule has 0 bridgehead atoms. The van der Waals surface area contributed by atoms with E-state index in [1.54, 1.807) is 12.1 Å². The minimum absolute atomic E-state index is 0.0108. The number of hydrogen-bond acceptors (Lipinski definition) is 4. The molecule has 2 unspecified atom stereocenters. The Morgan fingerprint density at radius 1 is 1.42 bits per heavy atom. The van der Waals surface area contributed by atoms with Gasteiger partial charge >= 0.3 is 0 Å². The zero-order valence-corrected chi connectivity index (χ0v) is 12.2. The van der Waals surface area contributed by atoms with Crippen LogP contribution < -0.4 is 0 Å². The summed E-state index contributed by atoms with van der Waals surface area (Å²) in [7, 11) is -2.90. The Kier molecular flexibility index (Phi) is 4.16. The fraction of sp³-hybridized carbons (Fsp3) is 0.571. The van der Waals surface area contributed by atoms with Crippen molar-refractivity contribution in [3.63, 3.8) is 0 Å². The van der Waals surface area contributed by atoms with E-state index >= 15 is 0 Å². The van der Waals surface area contributed by atoms with Gasteiger partial charge in [0.1, 0.15) is 5.75 Å². The Morgan fingerprint density at radius 3 is 2.68 bits per heavy atom. The molecular formula is C14H21NO3S. The van der Waals surface area contributed by atoms with Gasteiger partial charge in [-0.2, -0.15) is 0 Å². The minimum Gasteiger partial charge on any atom is -0.508 e. The Labute approximate surface area is 115 Å². The molecule has 0 amide bonds. The molecule has 1 fully saturated rings. The lowest BCUT2D eigenvalue weighted by Crippen LogP contribution is -2.48. The minimum atomic E-state index is -2.90. The van der Waals surface area contributed by atoms with Gasteiger partial charge < -0.3 is 5.11 Å². The first kappa shape index (κ1) is 14.3. The number of phenolic OH excluding ortho intramolecular Hbond substituents is 1.